The van der Waals surface area contributed by atoms with Crippen molar-refractivity contribution in [3.8, 4) is 0 Å². The summed E-state index contributed by atoms with van der Waals surface area (Å²) in [5.74, 6) is -0.439. The Kier molecular flexibility index (Phi) is 38.3. The van der Waals surface area contributed by atoms with E-state index < -0.39 is 72.3 Å². The molecule has 0 saturated heterocycles. The van der Waals surface area contributed by atoms with Crippen LogP contribution in [0.4, 0.5) is 0 Å². The van der Waals surface area contributed by atoms with Gasteiger partial charge in [0.1, 0.15) is 12.7 Å². The minimum Gasteiger partial charge on any atom is -0.462 e. The van der Waals surface area contributed by atoms with E-state index in [1.165, 1.54) is 77.0 Å². The van der Waals surface area contributed by atoms with Crippen molar-refractivity contribution in [3.63, 3.8) is 0 Å². The lowest BCUT2D eigenvalue weighted by molar-refractivity contribution is -0.161. The molecule has 0 heterocycles. The summed E-state index contributed by atoms with van der Waals surface area (Å²) >= 11 is 0. The highest BCUT2D eigenvalue weighted by atomic mass is 31.2. The first-order chi connectivity index (χ1) is 29.1. The van der Waals surface area contributed by atoms with Gasteiger partial charge in [-0.25, -0.2) is 9.13 Å². The van der Waals surface area contributed by atoms with E-state index >= 15 is 0 Å². The number of carbonyl (C=O) groups is 2. The third-order valence-electron chi connectivity index (χ3n) is 9.49. The van der Waals surface area contributed by atoms with E-state index in [9.17, 15) is 33.8 Å². The molecule has 0 aliphatic carbocycles. The molecule has 0 spiro atoms. The number of unbranched alkanes of at least 4 members (excludes halogenated alkanes) is 15. The van der Waals surface area contributed by atoms with Crippen LogP contribution in [0.25, 0.3) is 0 Å². The van der Waals surface area contributed by atoms with Crippen LogP contribution in [-0.2, 0) is 41.8 Å². The number of allylic oxidation sites excluding steroid dienone is 7. The highest BCUT2D eigenvalue weighted by Gasteiger charge is 2.28. The molecule has 0 radical (unpaired) electrons. The SMILES string of the molecule is CCCCC/C=C\C/C=C\C/C=C\C=C\[C@@H](O)CCCC(=O)OC[C@H](COP(=O)(O)OC[C@@H](O)COP(=O)(O)O)OC(=O)CCCCCCCCCCCCCCCC(C)C. The molecule has 61 heavy (non-hydrogen) atoms. The maximum atomic E-state index is 12.7. The predicted molar refractivity (Wildman–Crippen MR) is 240 cm³/mol. The van der Waals surface area contributed by atoms with Gasteiger partial charge < -0.3 is 34.4 Å². The molecule has 0 saturated carbocycles. The van der Waals surface area contributed by atoms with Crippen molar-refractivity contribution in [2.24, 2.45) is 5.92 Å². The molecule has 14 nitrogen and oxygen atoms in total. The first-order valence-electron chi connectivity index (χ1n) is 22.8. The van der Waals surface area contributed by atoms with Crippen LogP contribution in [0.3, 0.4) is 0 Å². The number of hydrogen-bond acceptors (Lipinski definition) is 11. The third kappa shape index (κ3) is 44.4. The number of phosphoric acid groups is 2. The molecule has 0 aromatic carbocycles. The number of phosphoric ester groups is 2. The fourth-order valence-electron chi connectivity index (χ4n) is 5.99. The fourth-order valence-corrected chi connectivity index (χ4v) is 7.14. The number of ether oxygens (including phenoxy) is 2. The molecule has 0 fully saturated rings. The molecule has 0 bridgehead atoms. The van der Waals surface area contributed by atoms with E-state index in [0.29, 0.717) is 19.3 Å². The van der Waals surface area contributed by atoms with Gasteiger partial charge in [-0.2, -0.15) is 0 Å². The molecule has 0 amide bonds. The van der Waals surface area contributed by atoms with E-state index in [1.54, 1.807) is 12.2 Å². The average Bonchev–Trinajstić information content (AvgIpc) is 3.20. The summed E-state index contributed by atoms with van der Waals surface area (Å²) < 4.78 is 47.7. The van der Waals surface area contributed by atoms with Crippen LogP contribution in [0.15, 0.2) is 48.6 Å². The van der Waals surface area contributed by atoms with Gasteiger partial charge in [-0.05, 0) is 50.9 Å². The van der Waals surface area contributed by atoms with Crippen LogP contribution in [-0.4, -0.2) is 81.6 Å². The summed E-state index contributed by atoms with van der Waals surface area (Å²) in [6.07, 6.45) is 35.7. The first-order valence-corrected chi connectivity index (χ1v) is 25.8. The number of hydrogen-bond donors (Lipinski definition) is 5. The molecule has 356 valence electrons. The van der Waals surface area contributed by atoms with Crippen LogP contribution in [0.5, 0.6) is 0 Å². The minimum atomic E-state index is -4.88. The summed E-state index contributed by atoms with van der Waals surface area (Å²) in [5.41, 5.74) is 0. The Balaban J connectivity index is 4.67. The van der Waals surface area contributed by atoms with E-state index in [0.717, 1.165) is 50.9 Å². The van der Waals surface area contributed by atoms with Crippen molar-refractivity contribution in [2.75, 3.05) is 26.4 Å². The van der Waals surface area contributed by atoms with Gasteiger partial charge in [0.2, 0.25) is 0 Å². The molecule has 0 aliphatic rings. The van der Waals surface area contributed by atoms with Crippen LogP contribution in [0.1, 0.15) is 175 Å². The van der Waals surface area contributed by atoms with Crippen molar-refractivity contribution in [2.45, 2.75) is 193 Å². The third-order valence-corrected chi connectivity index (χ3v) is 10.9. The summed E-state index contributed by atoms with van der Waals surface area (Å²) in [6, 6.07) is 0. The summed E-state index contributed by atoms with van der Waals surface area (Å²) in [5, 5.41) is 20.0. The van der Waals surface area contributed by atoms with Gasteiger partial charge in [0.15, 0.2) is 6.10 Å². The predicted octanol–water partition coefficient (Wildman–Crippen LogP) is 10.7. The maximum Gasteiger partial charge on any atom is 0.472 e. The second-order valence-electron chi connectivity index (χ2n) is 16.0. The Labute approximate surface area is 367 Å². The quantitative estimate of drug-likeness (QED) is 0.0127. The Morgan fingerprint density at radius 2 is 1.11 bits per heavy atom. The molecule has 16 heteroatoms. The molecule has 0 aromatic heterocycles. The van der Waals surface area contributed by atoms with E-state index in [-0.39, 0.29) is 12.8 Å². The molecular formula is C45H82O14P2. The topological polar surface area (TPSA) is 216 Å². The van der Waals surface area contributed by atoms with E-state index in [4.69, 9.17) is 23.8 Å². The van der Waals surface area contributed by atoms with Crippen molar-refractivity contribution < 1.29 is 66.7 Å². The Bertz CT molecular complexity index is 1300. The van der Waals surface area contributed by atoms with Crippen molar-refractivity contribution >= 4 is 27.6 Å². The number of carbonyl (C=O) groups excluding carboxylic acids is 2. The Morgan fingerprint density at radius 1 is 0.574 bits per heavy atom. The normalized spacial score (nSPS) is 15.0. The molecule has 0 aromatic rings. The molecule has 0 rings (SSSR count). The van der Waals surface area contributed by atoms with Crippen LogP contribution in [0, 0.1) is 5.92 Å². The molecule has 1 unspecified atom stereocenters. The van der Waals surface area contributed by atoms with E-state index in [1.807, 2.05) is 12.2 Å². The van der Waals surface area contributed by atoms with Crippen LogP contribution in [0.2, 0.25) is 0 Å². The number of aliphatic hydroxyl groups is 2. The fraction of sp³-hybridized carbons (Fsp3) is 0.778. The summed E-state index contributed by atoms with van der Waals surface area (Å²) in [6.45, 7) is 3.84. The Morgan fingerprint density at radius 3 is 1.72 bits per heavy atom. The van der Waals surface area contributed by atoms with Gasteiger partial charge in [-0.3, -0.25) is 23.2 Å². The van der Waals surface area contributed by atoms with Gasteiger partial charge in [0, 0.05) is 12.8 Å². The largest absolute Gasteiger partial charge is 0.472 e. The van der Waals surface area contributed by atoms with Gasteiger partial charge in [-0.15, -0.1) is 0 Å². The summed E-state index contributed by atoms with van der Waals surface area (Å²) in [4.78, 5) is 52.8. The van der Waals surface area contributed by atoms with Crippen molar-refractivity contribution in [3.05, 3.63) is 48.6 Å². The van der Waals surface area contributed by atoms with Gasteiger partial charge in [0.05, 0.1) is 25.9 Å². The van der Waals surface area contributed by atoms with Gasteiger partial charge in [0.25, 0.3) is 0 Å². The lowest BCUT2D eigenvalue weighted by atomic mass is 10.0. The van der Waals surface area contributed by atoms with Gasteiger partial charge >= 0.3 is 27.6 Å². The molecule has 0 aliphatic heterocycles. The standard InChI is InChI=1S/C45H82O14P2/c1-4-5-6-7-8-9-10-12-16-19-22-25-28-32-41(46)33-30-35-44(48)55-38-43(39-58-61(53,54)57-37-42(47)36-56-60(50,51)52)59-45(49)34-29-26-23-20-17-14-11-13-15-18-21-24-27-31-40(2)3/h8-9,12,16,22,25,28,32,40-43,46-47H,4-7,10-11,13-15,17-21,23-24,26-27,29-31,33-39H2,1-3H3,(H,53,54)(H2,50,51,52)/b9-8-,16-12-,25-22-,32-28+/t41-,42+,43-/m1/s1. The number of esters is 2. The summed E-state index contributed by atoms with van der Waals surface area (Å²) in [7, 11) is -9.74. The minimum absolute atomic E-state index is 0.0329. The van der Waals surface area contributed by atoms with Crippen molar-refractivity contribution in [1.29, 1.82) is 0 Å². The smallest absolute Gasteiger partial charge is 0.462 e. The van der Waals surface area contributed by atoms with E-state index in [2.05, 4.69) is 54.1 Å². The number of aliphatic hydroxyl groups excluding tert-OH is 2. The zero-order valence-electron chi connectivity index (χ0n) is 37.5. The average molecular weight is 909 g/mol. The lowest BCUT2D eigenvalue weighted by Gasteiger charge is -2.20. The second-order valence-corrected chi connectivity index (χ2v) is 18.7. The Hall–Kier alpha value is -1.96. The van der Waals surface area contributed by atoms with Crippen LogP contribution >= 0.6 is 15.6 Å². The zero-order chi connectivity index (χ0) is 45.5. The second kappa shape index (κ2) is 39.6. The van der Waals surface area contributed by atoms with Gasteiger partial charge in [-0.1, -0.05) is 166 Å². The van der Waals surface area contributed by atoms with Crippen LogP contribution < -0.4 is 0 Å². The molecule has 4 atom stereocenters. The van der Waals surface area contributed by atoms with Crippen molar-refractivity contribution in [1.82, 2.24) is 0 Å². The molecule has 5 N–H and O–H groups in total. The zero-order valence-corrected chi connectivity index (χ0v) is 39.3. The highest BCUT2D eigenvalue weighted by Crippen LogP contribution is 2.43. The molecular weight excluding hydrogens is 826 g/mol. The monoisotopic (exact) mass is 909 g/mol. The first kappa shape index (κ1) is 59.0. The maximum absolute atomic E-state index is 12.7. The lowest BCUT2D eigenvalue weighted by Crippen LogP contribution is -2.30. The highest BCUT2D eigenvalue weighted by molar-refractivity contribution is 7.47. The number of rotatable bonds is 42.